The van der Waals surface area contributed by atoms with Crippen molar-refractivity contribution in [2.24, 2.45) is 0 Å². The molecule has 0 aliphatic heterocycles. The molecule has 2 aromatic heterocycles. The average molecular weight is 394 g/mol. The predicted molar refractivity (Wildman–Crippen MR) is 102 cm³/mol. The molecule has 0 atom stereocenters. The molecule has 27 heavy (non-hydrogen) atoms. The minimum absolute atomic E-state index is 0.0619. The first kappa shape index (κ1) is 20.4. The smallest absolute Gasteiger partial charge is 0.407 e. The van der Waals surface area contributed by atoms with Gasteiger partial charge in [0.25, 0.3) is 0 Å². The third-order valence-corrected chi connectivity index (χ3v) is 4.18. The molecule has 0 bridgehead atoms. The van der Waals surface area contributed by atoms with Crippen LogP contribution < -0.4 is 15.4 Å². The lowest BCUT2D eigenvalue weighted by Crippen LogP contribution is -2.34. The highest BCUT2D eigenvalue weighted by atomic mass is 32.1. The Kier molecular flexibility index (Phi) is 6.56. The molecule has 0 aliphatic rings. The van der Waals surface area contributed by atoms with Crippen LogP contribution in [0.1, 0.15) is 30.4 Å². The fraction of sp³-hybridized carbons (Fsp3) is 0.412. The van der Waals surface area contributed by atoms with Crippen molar-refractivity contribution >= 4 is 29.3 Å². The zero-order valence-electron chi connectivity index (χ0n) is 15.5. The minimum Gasteiger partial charge on any atom is -0.490 e. The highest BCUT2D eigenvalue weighted by molar-refractivity contribution is 7.17. The molecular weight excluding hydrogens is 372 g/mol. The van der Waals surface area contributed by atoms with Gasteiger partial charge in [0, 0.05) is 19.3 Å². The number of carbonyl (C=O) groups excluding carboxylic acids is 1. The number of rotatable bonds is 7. The number of carboxylic acids is 1. The van der Waals surface area contributed by atoms with Crippen molar-refractivity contribution in [2.75, 3.05) is 25.5 Å². The third-order valence-electron chi connectivity index (χ3n) is 3.05. The van der Waals surface area contributed by atoms with E-state index in [4.69, 9.17) is 9.47 Å². The maximum absolute atomic E-state index is 11.6. The molecule has 2 heterocycles. The molecule has 9 nitrogen and oxygen atoms in total. The van der Waals surface area contributed by atoms with Gasteiger partial charge in [-0.15, -0.1) is 11.3 Å². The lowest BCUT2D eigenvalue weighted by Gasteiger charge is -2.19. The zero-order chi connectivity index (χ0) is 20.0. The summed E-state index contributed by atoms with van der Waals surface area (Å²) in [5.41, 5.74) is -0.00322. The van der Waals surface area contributed by atoms with Gasteiger partial charge in [0.15, 0.2) is 4.88 Å². The summed E-state index contributed by atoms with van der Waals surface area (Å²) in [7, 11) is 1.70. The first-order valence-electron chi connectivity index (χ1n) is 8.17. The highest BCUT2D eigenvalue weighted by Crippen LogP contribution is 2.35. The summed E-state index contributed by atoms with van der Waals surface area (Å²) >= 11 is 1.06. The van der Waals surface area contributed by atoms with E-state index in [1.54, 1.807) is 46.1 Å². The Labute approximate surface area is 160 Å². The Hall–Kier alpha value is -2.88. The van der Waals surface area contributed by atoms with Gasteiger partial charge >= 0.3 is 12.1 Å². The summed E-state index contributed by atoms with van der Waals surface area (Å²) in [6, 6.07) is 3.30. The number of nitrogens with zero attached hydrogens (tertiary/aromatic N) is 2. The van der Waals surface area contributed by atoms with Gasteiger partial charge in [-0.25, -0.2) is 19.6 Å². The van der Waals surface area contributed by atoms with Gasteiger partial charge < -0.3 is 25.2 Å². The third kappa shape index (κ3) is 6.10. The first-order chi connectivity index (χ1) is 12.7. The molecule has 0 radical (unpaired) electrons. The van der Waals surface area contributed by atoms with E-state index in [0.717, 1.165) is 11.3 Å². The van der Waals surface area contributed by atoms with Crippen LogP contribution in [0.25, 0.3) is 10.6 Å². The molecule has 0 spiro atoms. The summed E-state index contributed by atoms with van der Waals surface area (Å²) in [5, 5.41) is 14.8. The Morgan fingerprint density at radius 2 is 2.07 bits per heavy atom. The zero-order valence-corrected chi connectivity index (χ0v) is 16.3. The number of hydrogen-bond acceptors (Lipinski definition) is 8. The number of hydrogen-bond donors (Lipinski definition) is 3. The molecule has 146 valence electrons. The van der Waals surface area contributed by atoms with E-state index in [0.29, 0.717) is 16.5 Å². The van der Waals surface area contributed by atoms with Gasteiger partial charge in [0.2, 0.25) is 5.95 Å². The maximum Gasteiger partial charge on any atom is 0.407 e. The van der Waals surface area contributed by atoms with Crippen LogP contribution in [0.15, 0.2) is 18.3 Å². The normalized spacial score (nSPS) is 11.0. The second-order valence-electron chi connectivity index (χ2n) is 6.40. The Morgan fingerprint density at radius 1 is 1.33 bits per heavy atom. The average Bonchev–Trinajstić information content (AvgIpc) is 3.02. The van der Waals surface area contributed by atoms with E-state index in [-0.39, 0.29) is 23.8 Å². The number of alkyl carbamates (subject to hydrolysis) is 1. The number of amides is 1. The molecule has 2 rings (SSSR count). The molecular formula is C17H22N4O5S. The van der Waals surface area contributed by atoms with E-state index in [1.165, 1.54) is 0 Å². The lowest BCUT2D eigenvalue weighted by atomic mass is 10.2. The number of ether oxygens (including phenoxy) is 2. The summed E-state index contributed by atoms with van der Waals surface area (Å²) in [6.45, 7) is 5.57. The van der Waals surface area contributed by atoms with Gasteiger partial charge in [-0.2, -0.15) is 0 Å². The second kappa shape index (κ2) is 8.67. The van der Waals surface area contributed by atoms with Gasteiger partial charge in [-0.3, -0.25) is 0 Å². The van der Waals surface area contributed by atoms with Crippen LogP contribution in [-0.4, -0.2) is 52.9 Å². The van der Waals surface area contributed by atoms with Crippen LogP contribution in [0, 0.1) is 0 Å². The fourth-order valence-electron chi connectivity index (χ4n) is 2.00. The molecule has 0 saturated carbocycles. The van der Waals surface area contributed by atoms with Gasteiger partial charge in [0.1, 0.15) is 18.0 Å². The second-order valence-corrected chi connectivity index (χ2v) is 7.45. The van der Waals surface area contributed by atoms with Crippen LogP contribution in [-0.2, 0) is 4.74 Å². The van der Waals surface area contributed by atoms with E-state index in [2.05, 4.69) is 20.6 Å². The van der Waals surface area contributed by atoms with E-state index >= 15 is 0 Å². The van der Waals surface area contributed by atoms with Crippen molar-refractivity contribution in [3.05, 3.63) is 23.2 Å². The standard InChI is InChI=1S/C17H22N4O5S/c1-17(2,3)26-16(24)20-7-8-25-11-9-12(27-13(11)14(22)23)10-5-6-19-15(18-4)21-10/h5-6,9H,7-8H2,1-4H3,(H,20,24)(H,22,23)(H,18,19,21). The van der Waals surface area contributed by atoms with Gasteiger partial charge in [-0.05, 0) is 26.8 Å². The molecule has 0 unspecified atom stereocenters. The summed E-state index contributed by atoms with van der Waals surface area (Å²) in [6.07, 6.45) is 1.02. The fourth-order valence-corrected chi connectivity index (χ4v) is 2.91. The Bertz CT molecular complexity index is 816. The number of carboxylic acid groups (broad SMARTS) is 1. The van der Waals surface area contributed by atoms with Crippen LogP contribution in [0.2, 0.25) is 0 Å². The minimum atomic E-state index is -1.09. The van der Waals surface area contributed by atoms with E-state index in [9.17, 15) is 14.7 Å². The lowest BCUT2D eigenvalue weighted by molar-refractivity contribution is 0.0518. The number of aromatic carboxylic acids is 1. The molecule has 3 N–H and O–H groups in total. The highest BCUT2D eigenvalue weighted by Gasteiger charge is 2.19. The van der Waals surface area contributed by atoms with Gasteiger partial charge in [-0.1, -0.05) is 0 Å². The number of aromatic nitrogens is 2. The Balaban J connectivity index is 2.03. The van der Waals surface area contributed by atoms with Crippen molar-refractivity contribution in [2.45, 2.75) is 26.4 Å². The summed E-state index contributed by atoms with van der Waals surface area (Å²) in [4.78, 5) is 32.1. The number of carbonyl (C=O) groups is 2. The largest absolute Gasteiger partial charge is 0.490 e. The van der Waals surface area contributed by atoms with Crippen molar-refractivity contribution in [3.8, 4) is 16.3 Å². The quantitative estimate of drug-likeness (QED) is 0.613. The predicted octanol–water partition coefficient (Wildman–Crippen LogP) is 2.85. The van der Waals surface area contributed by atoms with Crippen molar-refractivity contribution in [1.82, 2.24) is 15.3 Å². The van der Waals surface area contributed by atoms with Crippen LogP contribution >= 0.6 is 11.3 Å². The maximum atomic E-state index is 11.6. The molecule has 0 aliphatic carbocycles. The monoisotopic (exact) mass is 394 g/mol. The topological polar surface area (TPSA) is 123 Å². The van der Waals surface area contributed by atoms with Crippen molar-refractivity contribution in [1.29, 1.82) is 0 Å². The van der Waals surface area contributed by atoms with Crippen LogP contribution in [0.4, 0.5) is 10.7 Å². The number of anilines is 1. The van der Waals surface area contributed by atoms with Crippen molar-refractivity contribution in [3.63, 3.8) is 0 Å². The molecule has 2 aromatic rings. The van der Waals surface area contributed by atoms with E-state index in [1.807, 2.05) is 0 Å². The van der Waals surface area contributed by atoms with Crippen LogP contribution in [0.3, 0.4) is 0 Å². The molecule has 0 aromatic carbocycles. The molecule has 10 heteroatoms. The Morgan fingerprint density at radius 3 is 2.70 bits per heavy atom. The van der Waals surface area contributed by atoms with E-state index < -0.39 is 17.7 Å². The number of nitrogens with one attached hydrogen (secondary N) is 2. The SMILES string of the molecule is CNc1nccc(-c2cc(OCCNC(=O)OC(C)(C)C)c(C(=O)O)s2)n1. The summed E-state index contributed by atoms with van der Waals surface area (Å²) < 4.78 is 10.7. The van der Waals surface area contributed by atoms with Gasteiger partial charge in [0.05, 0.1) is 17.1 Å². The van der Waals surface area contributed by atoms with Crippen LogP contribution in [0.5, 0.6) is 5.75 Å². The van der Waals surface area contributed by atoms with Crippen molar-refractivity contribution < 1.29 is 24.2 Å². The molecule has 0 saturated heterocycles. The molecule has 0 fully saturated rings. The summed E-state index contributed by atoms with van der Waals surface area (Å²) in [5.74, 6) is -0.441. The number of thiophene rings is 1. The molecule has 1 amide bonds. The first-order valence-corrected chi connectivity index (χ1v) is 8.99.